The molecular formula is C15H12BrNO4S. The summed E-state index contributed by atoms with van der Waals surface area (Å²) in [4.78, 5) is 24.8. The van der Waals surface area contributed by atoms with Crippen LogP contribution in [0.2, 0.25) is 0 Å². The van der Waals surface area contributed by atoms with Crippen molar-refractivity contribution in [2.75, 3.05) is 20.8 Å². The predicted octanol–water partition coefficient (Wildman–Crippen LogP) is 3.14. The van der Waals surface area contributed by atoms with Gasteiger partial charge in [-0.3, -0.25) is 14.5 Å². The number of benzene rings is 1. The average molecular weight is 382 g/mol. The third kappa shape index (κ3) is 3.29. The van der Waals surface area contributed by atoms with E-state index in [0.717, 1.165) is 16.7 Å². The van der Waals surface area contributed by atoms with Crippen LogP contribution in [-0.2, 0) is 4.79 Å². The number of thioether (sulfide) groups is 1. The van der Waals surface area contributed by atoms with Gasteiger partial charge >= 0.3 is 0 Å². The minimum Gasteiger partial charge on any atom is -0.493 e. The van der Waals surface area contributed by atoms with Crippen molar-refractivity contribution in [1.82, 2.24) is 4.90 Å². The molecule has 0 atom stereocenters. The van der Waals surface area contributed by atoms with Gasteiger partial charge in [-0.25, -0.2) is 0 Å². The Bertz CT molecular complexity index is 708. The van der Waals surface area contributed by atoms with Crippen LogP contribution in [0.3, 0.4) is 0 Å². The van der Waals surface area contributed by atoms with Gasteiger partial charge in [0.1, 0.15) is 6.61 Å². The molecule has 0 radical (unpaired) electrons. The lowest BCUT2D eigenvalue weighted by molar-refractivity contribution is -0.121. The largest absolute Gasteiger partial charge is 0.493 e. The number of hydrogen-bond acceptors (Lipinski definition) is 5. The number of ether oxygens (including phenoxy) is 2. The molecule has 1 aromatic carbocycles. The summed E-state index contributed by atoms with van der Waals surface area (Å²) < 4.78 is 11.3. The zero-order valence-corrected chi connectivity index (χ0v) is 14.3. The van der Waals surface area contributed by atoms with Crippen LogP contribution in [-0.4, -0.2) is 36.8 Å². The van der Waals surface area contributed by atoms with Gasteiger partial charge in [0.05, 0.1) is 16.5 Å². The highest BCUT2D eigenvalue weighted by atomic mass is 79.9. The highest BCUT2D eigenvalue weighted by Crippen LogP contribution is 2.38. The molecule has 1 aliphatic heterocycles. The van der Waals surface area contributed by atoms with Crippen molar-refractivity contribution in [1.29, 1.82) is 0 Å². The maximum Gasteiger partial charge on any atom is 0.293 e. The van der Waals surface area contributed by atoms with E-state index in [-0.39, 0.29) is 17.8 Å². The van der Waals surface area contributed by atoms with E-state index in [9.17, 15) is 9.59 Å². The number of carbonyl (C=O) groups excluding carboxylic acids is 2. The first-order valence-electron chi connectivity index (χ1n) is 6.13. The lowest BCUT2D eigenvalue weighted by atomic mass is 10.2. The van der Waals surface area contributed by atoms with Gasteiger partial charge in [-0.05, 0) is 51.5 Å². The Morgan fingerprint density at radius 2 is 2.18 bits per heavy atom. The molecule has 7 heteroatoms. The second kappa shape index (κ2) is 6.90. The minimum atomic E-state index is -0.322. The Labute approximate surface area is 140 Å². The number of rotatable bonds is 4. The Morgan fingerprint density at radius 3 is 2.73 bits per heavy atom. The standard InChI is InChI=1S/C15H12BrNO4S/c1-4-5-21-13-10(16)6-9(7-11(13)20-3)8-12-14(18)17(2)15(19)22-12/h1,6-8H,5H2,2-3H3/b12-8-. The summed E-state index contributed by atoms with van der Waals surface area (Å²) >= 11 is 4.28. The molecule has 0 N–H and O–H groups in total. The van der Waals surface area contributed by atoms with E-state index in [2.05, 4.69) is 21.9 Å². The molecule has 0 unspecified atom stereocenters. The minimum absolute atomic E-state index is 0.114. The summed E-state index contributed by atoms with van der Waals surface area (Å²) in [6.45, 7) is 0.114. The summed E-state index contributed by atoms with van der Waals surface area (Å²) in [6.07, 6.45) is 6.81. The van der Waals surface area contributed by atoms with Crippen LogP contribution in [0, 0.1) is 12.3 Å². The van der Waals surface area contributed by atoms with E-state index in [4.69, 9.17) is 15.9 Å². The van der Waals surface area contributed by atoms with Gasteiger partial charge in [-0.15, -0.1) is 6.42 Å². The molecule has 0 spiro atoms. The van der Waals surface area contributed by atoms with Crippen molar-refractivity contribution < 1.29 is 19.1 Å². The van der Waals surface area contributed by atoms with Crippen LogP contribution in [0.1, 0.15) is 5.56 Å². The van der Waals surface area contributed by atoms with Crippen molar-refractivity contribution in [2.24, 2.45) is 0 Å². The topological polar surface area (TPSA) is 55.8 Å². The van der Waals surface area contributed by atoms with Crippen molar-refractivity contribution in [2.45, 2.75) is 0 Å². The third-order valence-corrected chi connectivity index (χ3v) is 4.39. The zero-order chi connectivity index (χ0) is 16.3. The summed E-state index contributed by atoms with van der Waals surface area (Å²) in [5.74, 6) is 3.03. The molecule has 0 aromatic heterocycles. The lowest BCUT2D eigenvalue weighted by Crippen LogP contribution is -2.22. The van der Waals surface area contributed by atoms with Crippen molar-refractivity contribution in [3.05, 3.63) is 27.1 Å². The number of halogens is 1. The number of hydrogen-bond donors (Lipinski definition) is 0. The first-order chi connectivity index (χ1) is 10.5. The van der Waals surface area contributed by atoms with Gasteiger partial charge in [0.15, 0.2) is 11.5 Å². The lowest BCUT2D eigenvalue weighted by Gasteiger charge is -2.12. The van der Waals surface area contributed by atoms with Crippen molar-refractivity contribution in [3.63, 3.8) is 0 Å². The molecule has 0 bridgehead atoms. The SMILES string of the molecule is C#CCOc1c(Br)cc(/C=C2\SC(=O)N(C)C2=O)cc1OC. The maximum atomic E-state index is 11.9. The first-order valence-corrected chi connectivity index (χ1v) is 7.74. The third-order valence-electron chi connectivity index (χ3n) is 2.84. The fourth-order valence-corrected chi connectivity index (χ4v) is 3.18. The number of imide groups is 1. The Morgan fingerprint density at radius 1 is 1.45 bits per heavy atom. The number of likely N-dealkylation sites (N-methyl/N-ethyl adjacent to an activating group) is 1. The van der Waals surface area contributed by atoms with E-state index in [0.29, 0.717) is 26.4 Å². The van der Waals surface area contributed by atoms with Crippen LogP contribution in [0.15, 0.2) is 21.5 Å². The molecular weight excluding hydrogens is 370 g/mol. The normalized spacial score (nSPS) is 16.1. The van der Waals surface area contributed by atoms with Gasteiger partial charge in [0, 0.05) is 7.05 Å². The Hall–Kier alpha value is -1.91. The second-order valence-electron chi connectivity index (χ2n) is 4.27. The monoisotopic (exact) mass is 381 g/mol. The molecule has 2 amide bonds. The number of terminal acetylenes is 1. The maximum absolute atomic E-state index is 11.9. The summed E-state index contributed by atoms with van der Waals surface area (Å²) in [5.41, 5.74) is 0.704. The van der Waals surface area contributed by atoms with Gasteiger partial charge in [-0.1, -0.05) is 5.92 Å². The summed E-state index contributed by atoms with van der Waals surface area (Å²) in [5, 5.41) is -0.295. The van der Waals surface area contributed by atoms with Crippen LogP contribution in [0.25, 0.3) is 6.08 Å². The zero-order valence-electron chi connectivity index (χ0n) is 11.9. The molecule has 114 valence electrons. The van der Waals surface area contributed by atoms with Gasteiger partial charge in [0.2, 0.25) is 0 Å². The molecule has 1 aromatic rings. The van der Waals surface area contributed by atoms with E-state index in [1.165, 1.54) is 14.2 Å². The van der Waals surface area contributed by atoms with Crippen LogP contribution in [0.4, 0.5) is 4.79 Å². The molecule has 0 saturated carbocycles. The average Bonchev–Trinajstić information content (AvgIpc) is 2.73. The quantitative estimate of drug-likeness (QED) is 0.592. The van der Waals surface area contributed by atoms with E-state index < -0.39 is 0 Å². The van der Waals surface area contributed by atoms with E-state index >= 15 is 0 Å². The predicted molar refractivity (Wildman–Crippen MR) is 88.8 cm³/mol. The molecule has 5 nitrogen and oxygen atoms in total. The number of nitrogens with zero attached hydrogens (tertiary/aromatic N) is 1. The molecule has 1 heterocycles. The second-order valence-corrected chi connectivity index (χ2v) is 6.12. The van der Waals surface area contributed by atoms with Gasteiger partial charge in [0.25, 0.3) is 11.1 Å². The van der Waals surface area contributed by atoms with E-state index in [1.54, 1.807) is 18.2 Å². The van der Waals surface area contributed by atoms with Crippen molar-refractivity contribution in [3.8, 4) is 23.8 Å². The highest BCUT2D eigenvalue weighted by molar-refractivity contribution is 9.10. The smallest absolute Gasteiger partial charge is 0.293 e. The van der Waals surface area contributed by atoms with E-state index in [1.807, 2.05) is 0 Å². The molecule has 1 aliphatic rings. The fraction of sp³-hybridized carbons (Fsp3) is 0.200. The molecule has 2 rings (SSSR count). The Balaban J connectivity index is 2.38. The number of carbonyl (C=O) groups is 2. The molecule has 1 fully saturated rings. The fourth-order valence-electron chi connectivity index (χ4n) is 1.77. The van der Waals surface area contributed by atoms with Crippen molar-refractivity contribution >= 4 is 44.9 Å². The molecule has 22 heavy (non-hydrogen) atoms. The summed E-state index contributed by atoms with van der Waals surface area (Å²) in [7, 11) is 2.96. The number of methoxy groups -OCH3 is 1. The van der Waals surface area contributed by atoms with Gasteiger partial charge < -0.3 is 9.47 Å². The first kappa shape index (κ1) is 16.5. The highest BCUT2D eigenvalue weighted by Gasteiger charge is 2.31. The Kier molecular flexibility index (Phi) is 5.16. The van der Waals surface area contributed by atoms with Crippen LogP contribution < -0.4 is 9.47 Å². The molecule has 1 saturated heterocycles. The van der Waals surface area contributed by atoms with Crippen LogP contribution >= 0.6 is 27.7 Å². The number of amides is 2. The van der Waals surface area contributed by atoms with Gasteiger partial charge in [-0.2, -0.15) is 0 Å². The molecule has 0 aliphatic carbocycles. The summed E-state index contributed by atoms with van der Waals surface area (Å²) in [6, 6.07) is 3.47. The van der Waals surface area contributed by atoms with Crippen LogP contribution in [0.5, 0.6) is 11.5 Å².